The lowest BCUT2D eigenvalue weighted by atomic mass is 10.0. The van der Waals surface area contributed by atoms with Crippen LogP contribution in [0.25, 0.3) is 0 Å². The van der Waals surface area contributed by atoms with Gasteiger partial charge in [0.1, 0.15) is 5.01 Å². The van der Waals surface area contributed by atoms with E-state index in [9.17, 15) is 4.79 Å². The standard InChI is InChI=1S/C23H31N5OS/c1-24-23(27(2)16-21-26-18-9-4-6-11-20(18)30-21)25-14-7-12-22(29)28-15-13-17-8-3-5-10-19(17)28/h3,5,8,10H,4,6-7,9,11-16H2,1-2H3,(H,24,25). The van der Waals surface area contributed by atoms with Crippen molar-refractivity contribution in [1.82, 2.24) is 15.2 Å². The molecule has 0 bridgehead atoms. The van der Waals surface area contributed by atoms with Crippen LogP contribution in [0.1, 0.15) is 46.8 Å². The molecule has 1 amide bonds. The first-order valence-electron chi connectivity index (χ1n) is 10.9. The molecule has 1 aliphatic carbocycles. The van der Waals surface area contributed by atoms with Gasteiger partial charge in [0, 0.05) is 44.2 Å². The van der Waals surface area contributed by atoms with Crippen LogP contribution >= 0.6 is 11.3 Å². The molecular weight excluding hydrogens is 394 g/mol. The Kier molecular flexibility index (Phi) is 6.67. The van der Waals surface area contributed by atoms with Crippen molar-refractivity contribution in [3.63, 3.8) is 0 Å². The Labute approximate surface area is 183 Å². The van der Waals surface area contributed by atoms with E-state index in [1.165, 1.54) is 35.4 Å². The third-order valence-electron chi connectivity index (χ3n) is 5.87. The van der Waals surface area contributed by atoms with Gasteiger partial charge in [-0.05, 0) is 50.2 Å². The Morgan fingerprint density at radius 3 is 2.93 bits per heavy atom. The predicted molar refractivity (Wildman–Crippen MR) is 123 cm³/mol. The largest absolute Gasteiger partial charge is 0.356 e. The zero-order valence-corrected chi connectivity index (χ0v) is 18.8. The van der Waals surface area contributed by atoms with Crippen molar-refractivity contribution < 1.29 is 4.79 Å². The summed E-state index contributed by atoms with van der Waals surface area (Å²) in [6.45, 7) is 2.29. The first kappa shape index (κ1) is 20.8. The number of carbonyl (C=O) groups is 1. The van der Waals surface area contributed by atoms with E-state index >= 15 is 0 Å². The van der Waals surface area contributed by atoms with Crippen LogP contribution in [0.2, 0.25) is 0 Å². The fraction of sp³-hybridized carbons (Fsp3) is 0.522. The maximum absolute atomic E-state index is 12.6. The monoisotopic (exact) mass is 425 g/mol. The molecule has 30 heavy (non-hydrogen) atoms. The van der Waals surface area contributed by atoms with Crippen molar-refractivity contribution in [3.8, 4) is 0 Å². The molecule has 0 radical (unpaired) electrons. The summed E-state index contributed by atoms with van der Waals surface area (Å²) in [5.41, 5.74) is 3.66. The van der Waals surface area contributed by atoms with Crippen molar-refractivity contribution in [2.75, 3.05) is 32.1 Å². The molecule has 2 heterocycles. The molecule has 2 aliphatic rings. The quantitative estimate of drug-likeness (QED) is 0.438. The second-order valence-corrected chi connectivity index (χ2v) is 9.21. The molecule has 0 unspecified atom stereocenters. The summed E-state index contributed by atoms with van der Waals surface area (Å²) in [6, 6.07) is 8.21. The van der Waals surface area contributed by atoms with Gasteiger partial charge in [-0.2, -0.15) is 0 Å². The lowest BCUT2D eigenvalue weighted by Crippen LogP contribution is -2.39. The van der Waals surface area contributed by atoms with Gasteiger partial charge in [-0.25, -0.2) is 4.98 Å². The molecule has 1 aromatic heterocycles. The van der Waals surface area contributed by atoms with Gasteiger partial charge in [-0.1, -0.05) is 18.2 Å². The number of para-hydroxylation sites is 1. The van der Waals surface area contributed by atoms with Gasteiger partial charge in [-0.3, -0.25) is 9.79 Å². The summed E-state index contributed by atoms with van der Waals surface area (Å²) in [5, 5.41) is 4.56. The summed E-state index contributed by atoms with van der Waals surface area (Å²) in [4.78, 5) is 27.4. The normalized spacial score (nSPS) is 15.7. The molecule has 0 saturated carbocycles. The van der Waals surface area contributed by atoms with Crippen molar-refractivity contribution in [2.45, 2.75) is 51.5 Å². The van der Waals surface area contributed by atoms with Crippen LogP contribution in [0.4, 0.5) is 5.69 Å². The molecule has 4 rings (SSSR count). The molecule has 0 atom stereocenters. The number of guanidine groups is 1. The van der Waals surface area contributed by atoms with Gasteiger partial charge in [0.2, 0.25) is 5.91 Å². The van der Waals surface area contributed by atoms with E-state index in [0.29, 0.717) is 6.42 Å². The van der Waals surface area contributed by atoms with Crippen molar-refractivity contribution in [2.24, 2.45) is 4.99 Å². The lowest BCUT2D eigenvalue weighted by Gasteiger charge is -2.21. The van der Waals surface area contributed by atoms with Gasteiger partial charge >= 0.3 is 0 Å². The molecular formula is C23H31N5OS. The maximum atomic E-state index is 12.6. The Morgan fingerprint density at radius 2 is 2.10 bits per heavy atom. The number of aryl methyl sites for hydroxylation is 2. The zero-order chi connectivity index (χ0) is 20.9. The number of rotatable bonds is 6. The number of benzene rings is 1. The molecule has 0 saturated heterocycles. The van der Waals surface area contributed by atoms with E-state index in [0.717, 1.165) is 55.6 Å². The number of thiazole rings is 1. The van der Waals surface area contributed by atoms with Crippen LogP contribution in [-0.4, -0.2) is 48.9 Å². The summed E-state index contributed by atoms with van der Waals surface area (Å²) in [6.07, 6.45) is 7.14. The lowest BCUT2D eigenvalue weighted by molar-refractivity contribution is -0.118. The van der Waals surface area contributed by atoms with E-state index in [4.69, 9.17) is 4.98 Å². The summed E-state index contributed by atoms with van der Waals surface area (Å²) in [7, 11) is 3.85. The van der Waals surface area contributed by atoms with Gasteiger partial charge < -0.3 is 15.1 Å². The van der Waals surface area contributed by atoms with Gasteiger partial charge in [0.15, 0.2) is 5.96 Å². The highest BCUT2D eigenvalue weighted by Gasteiger charge is 2.23. The number of amides is 1. The fourth-order valence-electron chi connectivity index (χ4n) is 4.31. The molecule has 2 aromatic rings. The van der Waals surface area contributed by atoms with Crippen molar-refractivity contribution in [1.29, 1.82) is 0 Å². The minimum absolute atomic E-state index is 0.207. The molecule has 0 spiro atoms. The average molecular weight is 426 g/mol. The number of nitrogens with zero attached hydrogens (tertiary/aromatic N) is 4. The van der Waals surface area contributed by atoms with E-state index in [1.54, 1.807) is 7.05 Å². The first-order valence-corrected chi connectivity index (χ1v) is 11.7. The number of aliphatic imine (C=N–C) groups is 1. The minimum Gasteiger partial charge on any atom is -0.356 e. The van der Waals surface area contributed by atoms with E-state index in [1.807, 2.05) is 41.5 Å². The Bertz CT molecular complexity index is 899. The van der Waals surface area contributed by atoms with Crippen molar-refractivity contribution in [3.05, 3.63) is 45.4 Å². The molecule has 1 aromatic carbocycles. The Morgan fingerprint density at radius 1 is 1.27 bits per heavy atom. The summed E-state index contributed by atoms with van der Waals surface area (Å²) >= 11 is 1.85. The van der Waals surface area contributed by atoms with Crippen LogP contribution in [0, 0.1) is 0 Å². The molecule has 6 nitrogen and oxygen atoms in total. The highest BCUT2D eigenvalue weighted by atomic mass is 32.1. The number of aromatic nitrogens is 1. The van der Waals surface area contributed by atoms with E-state index < -0.39 is 0 Å². The third kappa shape index (κ3) is 4.67. The van der Waals surface area contributed by atoms with Crippen LogP contribution in [0.3, 0.4) is 0 Å². The van der Waals surface area contributed by atoms with Crippen LogP contribution < -0.4 is 10.2 Å². The minimum atomic E-state index is 0.207. The van der Waals surface area contributed by atoms with E-state index in [-0.39, 0.29) is 5.91 Å². The summed E-state index contributed by atoms with van der Waals surface area (Å²) < 4.78 is 0. The maximum Gasteiger partial charge on any atom is 0.227 e. The third-order valence-corrected chi connectivity index (χ3v) is 7.02. The zero-order valence-electron chi connectivity index (χ0n) is 18.0. The number of anilines is 1. The smallest absolute Gasteiger partial charge is 0.227 e. The van der Waals surface area contributed by atoms with E-state index in [2.05, 4.69) is 21.3 Å². The van der Waals surface area contributed by atoms with Crippen LogP contribution in [0.15, 0.2) is 29.3 Å². The highest BCUT2D eigenvalue weighted by molar-refractivity contribution is 7.11. The second-order valence-electron chi connectivity index (χ2n) is 8.04. The Hall–Kier alpha value is -2.41. The molecule has 160 valence electrons. The fourth-order valence-corrected chi connectivity index (χ4v) is 5.52. The number of nitrogens with one attached hydrogen (secondary N) is 1. The Balaban J connectivity index is 1.23. The molecule has 0 fully saturated rings. The first-order chi connectivity index (χ1) is 14.7. The van der Waals surface area contributed by atoms with Crippen LogP contribution in [0.5, 0.6) is 0 Å². The highest BCUT2D eigenvalue weighted by Crippen LogP contribution is 2.28. The van der Waals surface area contributed by atoms with Gasteiger partial charge in [-0.15, -0.1) is 11.3 Å². The number of fused-ring (bicyclic) bond motifs is 2. The number of hydrogen-bond acceptors (Lipinski definition) is 4. The van der Waals surface area contributed by atoms with Gasteiger partial charge in [0.25, 0.3) is 0 Å². The van der Waals surface area contributed by atoms with Crippen LogP contribution in [-0.2, 0) is 30.6 Å². The second kappa shape index (κ2) is 9.60. The predicted octanol–water partition coefficient (Wildman–Crippen LogP) is 3.40. The van der Waals surface area contributed by atoms with Gasteiger partial charge in [0.05, 0.1) is 12.2 Å². The molecule has 7 heteroatoms. The average Bonchev–Trinajstić information content (AvgIpc) is 3.37. The molecule has 1 aliphatic heterocycles. The number of hydrogen-bond donors (Lipinski definition) is 1. The topological polar surface area (TPSA) is 60.8 Å². The number of carbonyl (C=O) groups excluding carboxylic acids is 1. The SMILES string of the molecule is CN=C(NCCCC(=O)N1CCc2ccccc21)N(C)Cc1nc2c(s1)CCCC2. The summed E-state index contributed by atoms with van der Waals surface area (Å²) in [5.74, 6) is 1.06. The van der Waals surface area contributed by atoms with Crippen molar-refractivity contribution >= 4 is 28.9 Å². The molecule has 1 N–H and O–H groups in total.